The fourth-order valence-corrected chi connectivity index (χ4v) is 2.79. The molecule has 17 heavy (non-hydrogen) atoms. The fourth-order valence-electron chi connectivity index (χ4n) is 1.85. The molecule has 1 amide bonds. The van der Waals surface area contributed by atoms with Crippen molar-refractivity contribution in [1.82, 2.24) is 10.6 Å². The predicted octanol–water partition coefficient (Wildman–Crippen LogP) is 1.98. The second kappa shape index (κ2) is 5.65. The van der Waals surface area contributed by atoms with Crippen LogP contribution >= 0.6 is 11.3 Å². The minimum atomic E-state index is 0.231. The molecule has 0 bridgehead atoms. The second-order valence-corrected chi connectivity index (χ2v) is 6.14. The molecule has 1 saturated carbocycles. The summed E-state index contributed by atoms with van der Waals surface area (Å²) in [7, 11) is 0. The molecule has 2 rings (SSSR count). The number of hydrogen-bond acceptors (Lipinski definition) is 3. The highest BCUT2D eigenvalue weighted by atomic mass is 32.1. The number of rotatable bonds is 6. The van der Waals surface area contributed by atoms with Gasteiger partial charge in [-0.2, -0.15) is 0 Å². The first-order valence-corrected chi connectivity index (χ1v) is 7.03. The highest BCUT2D eigenvalue weighted by molar-refractivity contribution is 7.12. The van der Waals surface area contributed by atoms with E-state index in [0.29, 0.717) is 5.92 Å². The van der Waals surface area contributed by atoms with Crippen LogP contribution in [0.1, 0.15) is 28.2 Å². The van der Waals surface area contributed by atoms with Gasteiger partial charge in [-0.3, -0.25) is 4.79 Å². The van der Waals surface area contributed by atoms with Crippen molar-refractivity contribution >= 4 is 17.2 Å². The maximum atomic E-state index is 11.4. The Kier molecular flexibility index (Phi) is 4.18. The lowest BCUT2D eigenvalue weighted by molar-refractivity contribution is -0.122. The lowest BCUT2D eigenvalue weighted by atomic mass is 10.2. The first-order chi connectivity index (χ1) is 8.16. The van der Waals surface area contributed by atoms with Crippen molar-refractivity contribution in [2.24, 2.45) is 5.92 Å². The van der Waals surface area contributed by atoms with E-state index in [4.69, 9.17) is 0 Å². The Bertz CT molecular complexity index is 396. The van der Waals surface area contributed by atoms with Crippen molar-refractivity contribution in [2.45, 2.75) is 33.2 Å². The van der Waals surface area contributed by atoms with Crippen LogP contribution in [0, 0.1) is 19.8 Å². The van der Waals surface area contributed by atoms with Gasteiger partial charge in [-0.25, -0.2) is 0 Å². The van der Waals surface area contributed by atoms with Crippen molar-refractivity contribution in [3.63, 3.8) is 0 Å². The summed E-state index contributed by atoms with van der Waals surface area (Å²) in [6.45, 7) is 6.76. The maximum absolute atomic E-state index is 11.4. The van der Waals surface area contributed by atoms with Gasteiger partial charge in [0.2, 0.25) is 5.91 Å². The van der Waals surface area contributed by atoms with Crippen LogP contribution in [0.15, 0.2) is 6.07 Å². The quantitative estimate of drug-likeness (QED) is 0.760. The first kappa shape index (κ1) is 12.6. The van der Waals surface area contributed by atoms with Crippen LogP contribution in [0.25, 0.3) is 0 Å². The number of carbonyl (C=O) groups excluding carboxylic acids is 1. The van der Waals surface area contributed by atoms with E-state index in [2.05, 4.69) is 30.5 Å². The topological polar surface area (TPSA) is 41.1 Å². The molecule has 0 aliphatic heterocycles. The highest BCUT2D eigenvalue weighted by Crippen LogP contribution is 2.28. The van der Waals surface area contributed by atoms with Crippen LogP contribution in [0.3, 0.4) is 0 Å². The SMILES string of the molecule is Cc1cc(CNCCNC(=O)C2CC2)c(C)s1. The predicted molar refractivity (Wildman–Crippen MR) is 71.2 cm³/mol. The molecule has 1 aliphatic carbocycles. The molecule has 1 fully saturated rings. The van der Waals surface area contributed by atoms with Crippen LogP contribution in [0.4, 0.5) is 0 Å². The van der Waals surface area contributed by atoms with E-state index in [1.807, 2.05) is 11.3 Å². The number of carbonyl (C=O) groups is 1. The van der Waals surface area contributed by atoms with Crippen molar-refractivity contribution in [2.75, 3.05) is 13.1 Å². The Morgan fingerprint density at radius 1 is 1.41 bits per heavy atom. The van der Waals surface area contributed by atoms with Gasteiger partial charge in [-0.15, -0.1) is 11.3 Å². The van der Waals surface area contributed by atoms with Gasteiger partial charge in [-0.1, -0.05) is 0 Å². The summed E-state index contributed by atoms with van der Waals surface area (Å²) in [6, 6.07) is 2.23. The van der Waals surface area contributed by atoms with Crippen LogP contribution in [0.5, 0.6) is 0 Å². The summed E-state index contributed by atoms with van der Waals surface area (Å²) in [5, 5.41) is 6.31. The molecule has 3 nitrogen and oxygen atoms in total. The maximum Gasteiger partial charge on any atom is 0.223 e. The number of hydrogen-bond donors (Lipinski definition) is 2. The standard InChI is InChI=1S/C13H20N2OS/c1-9-7-12(10(2)17-9)8-14-5-6-15-13(16)11-3-4-11/h7,11,14H,3-6,8H2,1-2H3,(H,15,16). The lowest BCUT2D eigenvalue weighted by Gasteiger charge is -2.06. The van der Waals surface area contributed by atoms with Gasteiger partial charge in [0.15, 0.2) is 0 Å². The van der Waals surface area contributed by atoms with Crippen molar-refractivity contribution in [3.8, 4) is 0 Å². The Morgan fingerprint density at radius 3 is 2.76 bits per heavy atom. The third kappa shape index (κ3) is 3.82. The molecule has 0 saturated heterocycles. The molecule has 2 N–H and O–H groups in total. The molecule has 0 radical (unpaired) electrons. The van der Waals surface area contributed by atoms with E-state index in [1.165, 1.54) is 15.3 Å². The van der Waals surface area contributed by atoms with Crippen LogP contribution in [0.2, 0.25) is 0 Å². The molecule has 0 spiro atoms. The summed E-state index contributed by atoms with van der Waals surface area (Å²) < 4.78 is 0. The normalized spacial score (nSPS) is 14.9. The van der Waals surface area contributed by atoms with Crippen LogP contribution in [-0.2, 0) is 11.3 Å². The lowest BCUT2D eigenvalue weighted by Crippen LogP contribution is -2.32. The van der Waals surface area contributed by atoms with E-state index >= 15 is 0 Å². The monoisotopic (exact) mass is 252 g/mol. The molecule has 1 heterocycles. The molecule has 1 aromatic rings. The number of amides is 1. The van der Waals surface area contributed by atoms with E-state index in [-0.39, 0.29) is 5.91 Å². The minimum absolute atomic E-state index is 0.231. The molecular weight excluding hydrogens is 232 g/mol. The zero-order valence-corrected chi connectivity index (χ0v) is 11.3. The Balaban J connectivity index is 1.59. The molecule has 0 aromatic carbocycles. The largest absolute Gasteiger partial charge is 0.355 e. The molecular formula is C13H20N2OS. The zero-order valence-electron chi connectivity index (χ0n) is 10.5. The average Bonchev–Trinajstić information content (AvgIpc) is 3.06. The van der Waals surface area contributed by atoms with E-state index in [1.54, 1.807) is 0 Å². The van der Waals surface area contributed by atoms with Gasteiger partial charge < -0.3 is 10.6 Å². The first-order valence-electron chi connectivity index (χ1n) is 6.21. The van der Waals surface area contributed by atoms with E-state index < -0.39 is 0 Å². The summed E-state index contributed by atoms with van der Waals surface area (Å²) in [5.41, 5.74) is 1.38. The summed E-state index contributed by atoms with van der Waals surface area (Å²) in [4.78, 5) is 14.1. The third-order valence-corrected chi connectivity index (χ3v) is 4.02. The number of thiophene rings is 1. The van der Waals surface area contributed by atoms with E-state index in [9.17, 15) is 4.79 Å². The van der Waals surface area contributed by atoms with Gasteiger partial charge in [0.1, 0.15) is 0 Å². The Hall–Kier alpha value is -0.870. The Morgan fingerprint density at radius 2 is 2.18 bits per heavy atom. The fraction of sp³-hybridized carbons (Fsp3) is 0.615. The van der Waals surface area contributed by atoms with Crippen LogP contribution < -0.4 is 10.6 Å². The third-order valence-electron chi connectivity index (χ3n) is 3.01. The summed E-state index contributed by atoms with van der Waals surface area (Å²) >= 11 is 1.84. The Labute approximate surface area is 107 Å². The van der Waals surface area contributed by atoms with E-state index in [0.717, 1.165) is 32.5 Å². The number of aryl methyl sites for hydroxylation is 2. The molecule has 1 aliphatic rings. The van der Waals surface area contributed by atoms with Crippen molar-refractivity contribution < 1.29 is 4.79 Å². The summed E-state index contributed by atoms with van der Waals surface area (Å²) in [6.07, 6.45) is 2.15. The van der Waals surface area contributed by atoms with Gasteiger partial charge in [-0.05, 0) is 38.3 Å². The van der Waals surface area contributed by atoms with Crippen LogP contribution in [-0.4, -0.2) is 19.0 Å². The van der Waals surface area contributed by atoms with Crippen molar-refractivity contribution in [1.29, 1.82) is 0 Å². The average molecular weight is 252 g/mol. The van der Waals surface area contributed by atoms with Gasteiger partial charge in [0.25, 0.3) is 0 Å². The molecule has 94 valence electrons. The van der Waals surface area contributed by atoms with Crippen molar-refractivity contribution in [3.05, 3.63) is 21.4 Å². The minimum Gasteiger partial charge on any atom is -0.355 e. The molecule has 4 heteroatoms. The van der Waals surface area contributed by atoms with Gasteiger partial charge in [0, 0.05) is 35.3 Å². The molecule has 0 unspecified atom stereocenters. The van der Waals surface area contributed by atoms with Gasteiger partial charge >= 0.3 is 0 Å². The highest BCUT2D eigenvalue weighted by Gasteiger charge is 2.28. The summed E-state index contributed by atoms with van der Waals surface area (Å²) in [5.74, 6) is 0.547. The number of nitrogens with one attached hydrogen (secondary N) is 2. The van der Waals surface area contributed by atoms with Gasteiger partial charge in [0.05, 0.1) is 0 Å². The zero-order chi connectivity index (χ0) is 12.3. The second-order valence-electron chi connectivity index (χ2n) is 4.68. The molecule has 0 atom stereocenters. The molecule has 1 aromatic heterocycles. The smallest absolute Gasteiger partial charge is 0.223 e.